The second-order valence-corrected chi connectivity index (χ2v) is 6.30. The van der Waals surface area contributed by atoms with E-state index >= 15 is 0 Å². The third-order valence-corrected chi connectivity index (χ3v) is 5.16. The zero-order valence-corrected chi connectivity index (χ0v) is 12.2. The van der Waals surface area contributed by atoms with Gasteiger partial charge in [-0.05, 0) is 39.6 Å². The predicted molar refractivity (Wildman–Crippen MR) is 93.7 cm³/mol. The van der Waals surface area contributed by atoms with E-state index in [9.17, 15) is 0 Å². The van der Waals surface area contributed by atoms with Crippen LogP contribution in [-0.2, 0) is 0 Å². The highest BCUT2D eigenvalue weighted by Gasteiger charge is 2.41. The van der Waals surface area contributed by atoms with Gasteiger partial charge >= 0.3 is 0 Å². The molecule has 0 aliphatic heterocycles. The number of allylic oxidation sites excluding steroid dienone is 9. The van der Waals surface area contributed by atoms with Crippen LogP contribution in [0.3, 0.4) is 0 Å². The van der Waals surface area contributed by atoms with Gasteiger partial charge in [0.05, 0.1) is 0 Å². The molecule has 2 unspecified atom stereocenters. The van der Waals surface area contributed by atoms with Gasteiger partial charge in [-0.3, -0.25) is 0 Å². The molecule has 0 saturated carbocycles. The molecule has 1 spiro atoms. The Balaban J connectivity index is 1.86. The molecule has 2 atom stereocenters. The first-order valence-electron chi connectivity index (χ1n) is 7.84. The standard InChI is InChI=1S/C22H16/c1-2-8-17-15-20-18(13-16(17)7-1)14-19-9-3-5-11-22(19)12-6-4-10-21(20)22/h1-15,21H. The zero-order valence-electron chi connectivity index (χ0n) is 12.2. The molecule has 0 saturated heterocycles. The van der Waals surface area contributed by atoms with Crippen LogP contribution in [0.15, 0.2) is 90.6 Å². The molecule has 0 radical (unpaired) electrons. The molecule has 3 aliphatic rings. The maximum atomic E-state index is 2.38. The van der Waals surface area contributed by atoms with Crippen molar-refractivity contribution in [2.24, 2.45) is 5.41 Å². The Kier molecular flexibility index (Phi) is 2.29. The van der Waals surface area contributed by atoms with Crippen molar-refractivity contribution in [2.75, 3.05) is 0 Å². The van der Waals surface area contributed by atoms with Gasteiger partial charge in [0, 0.05) is 11.3 Å². The maximum absolute atomic E-state index is 2.38. The Morgan fingerprint density at radius 2 is 1.59 bits per heavy atom. The lowest BCUT2D eigenvalue weighted by atomic mass is 9.60. The minimum Gasteiger partial charge on any atom is -0.0755 e. The lowest BCUT2D eigenvalue weighted by molar-refractivity contribution is 0.518. The van der Waals surface area contributed by atoms with Crippen molar-refractivity contribution in [1.82, 2.24) is 0 Å². The van der Waals surface area contributed by atoms with Crippen molar-refractivity contribution >= 4 is 16.8 Å². The Morgan fingerprint density at radius 3 is 2.45 bits per heavy atom. The Hall–Kier alpha value is -2.60. The average molecular weight is 280 g/mol. The van der Waals surface area contributed by atoms with E-state index in [1.54, 1.807) is 0 Å². The Morgan fingerprint density at radius 1 is 0.818 bits per heavy atom. The van der Waals surface area contributed by atoms with Crippen LogP contribution >= 0.6 is 0 Å². The van der Waals surface area contributed by atoms with Crippen LogP contribution in [0, 0.1) is 5.41 Å². The lowest BCUT2D eigenvalue weighted by Crippen LogP contribution is -2.31. The summed E-state index contributed by atoms with van der Waals surface area (Å²) in [6, 6.07) is 13.3. The van der Waals surface area contributed by atoms with Gasteiger partial charge in [0.1, 0.15) is 0 Å². The summed E-state index contributed by atoms with van der Waals surface area (Å²) in [6.45, 7) is 0. The van der Waals surface area contributed by atoms with Crippen LogP contribution in [0.25, 0.3) is 16.8 Å². The van der Waals surface area contributed by atoms with E-state index in [1.165, 1.54) is 27.5 Å². The van der Waals surface area contributed by atoms with Crippen LogP contribution < -0.4 is 0 Å². The average Bonchev–Trinajstić information content (AvgIpc) is 2.57. The second-order valence-electron chi connectivity index (χ2n) is 6.30. The minimum absolute atomic E-state index is 0.00103. The molecule has 3 aliphatic carbocycles. The third kappa shape index (κ3) is 1.47. The first-order valence-corrected chi connectivity index (χ1v) is 7.84. The normalized spacial score (nSPS) is 27.3. The summed E-state index contributed by atoms with van der Waals surface area (Å²) in [7, 11) is 0. The third-order valence-electron chi connectivity index (χ3n) is 5.16. The summed E-state index contributed by atoms with van der Waals surface area (Å²) in [5, 5.41) is 2.64. The molecule has 0 heteroatoms. The van der Waals surface area contributed by atoms with Crippen molar-refractivity contribution in [3.8, 4) is 0 Å². The number of hydrogen-bond acceptors (Lipinski definition) is 0. The van der Waals surface area contributed by atoms with E-state index in [0.717, 1.165) is 0 Å². The fourth-order valence-electron chi connectivity index (χ4n) is 4.07. The van der Waals surface area contributed by atoms with E-state index in [4.69, 9.17) is 0 Å². The topological polar surface area (TPSA) is 0 Å². The summed E-state index contributed by atoms with van der Waals surface area (Å²) in [5.41, 5.74) is 4.18. The first-order chi connectivity index (χ1) is 10.9. The lowest BCUT2D eigenvalue weighted by Gasteiger charge is -2.42. The van der Waals surface area contributed by atoms with Crippen LogP contribution in [0.1, 0.15) is 17.0 Å². The number of hydrogen-bond donors (Lipinski definition) is 0. The molecule has 0 nitrogen and oxygen atoms in total. The number of rotatable bonds is 0. The fourth-order valence-corrected chi connectivity index (χ4v) is 4.07. The molecule has 22 heavy (non-hydrogen) atoms. The molecular weight excluding hydrogens is 264 g/mol. The van der Waals surface area contributed by atoms with E-state index in [2.05, 4.69) is 91.1 Å². The van der Waals surface area contributed by atoms with Crippen molar-refractivity contribution in [2.45, 2.75) is 5.92 Å². The van der Waals surface area contributed by atoms with Crippen molar-refractivity contribution < 1.29 is 0 Å². The van der Waals surface area contributed by atoms with E-state index in [0.29, 0.717) is 5.92 Å². The van der Waals surface area contributed by atoms with Crippen LogP contribution in [0.4, 0.5) is 0 Å². The molecule has 5 rings (SSSR count). The number of benzene rings is 2. The van der Waals surface area contributed by atoms with E-state index in [-0.39, 0.29) is 5.41 Å². The summed E-state index contributed by atoms with van der Waals surface area (Å²) in [6.07, 6.45) is 20.4. The molecule has 0 N–H and O–H groups in total. The highest BCUT2D eigenvalue weighted by Crippen LogP contribution is 2.54. The van der Waals surface area contributed by atoms with Crippen LogP contribution in [0.2, 0.25) is 0 Å². The summed E-state index contributed by atoms with van der Waals surface area (Å²) < 4.78 is 0. The van der Waals surface area contributed by atoms with Gasteiger partial charge in [-0.25, -0.2) is 0 Å². The molecule has 2 aromatic carbocycles. The van der Waals surface area contributed by atoms with Gasteiger partial charge in [-0.15, -0.1) is 0 Å². The minimum atomic E-state index is -0.00103. The van der Waals surface area contributed by atoms with Gasteiger partial charge in [-0.2, -0.15) is 0 Å². The second kappa shape index (κ2) is 4.20. The van der Waals surface area contributed by atoms with Crippen molar-refractivity contribution in [3.05, 3.63) is 102 Å². The molecule has 0 bridgehead atoms. The van der Waals surface area contributed by atoms with Crippen molar-refractivity contribution in [1.29, 1.82) is 0 Å². The molecule has 2 aromatic rings. The van der Waals surface area contributed by atoms with Crippen molar-refractivity contribution in [3.63, 3.8) is 0 Å². The van der Waals surface area contributed by atoms with Gasteiger partial charge in [0.2, 0.25) is 0 Å². The van der Waals surface area contributed by atoms with E-state index in [1.807, 2.05) is 0 Å². The summed E-state index contributed by atoms with van der Waals surface area (Å²) >= 11 is 0. The monoisotopic (exact) mass is 280 g/mol. The van der Waals surface area contributed by atoms with Gasteiger partial charge in [-0.1, -0.05) is 78.9 Å². The highest BCUT2D eigenvalue weighted by molar-refractivity contribution is 5.88. The van der Waals surface area contributed by atoms with Gasteiger partial charge < -0.3 is 0 Å². The first kappa shape index (κ1) is 12.0. The zero-order chi connectivity index (χ0) is 14.6. The van der Waals surface area contributed by atoms with Crippen LogP contribution in [0.5, 0.6) is 0 Å². The number of fused-ring (bicyclic) bond motifs is 3. The quantitative estimate of drug-likeness (QED) is 0.592. The molecule has 0 heterocycles. The smallest absolute Gasteiger partial charge is 0.0422 e. The largest absolute Gasteiger partial charge is 0.0755 e. The fraction of sp³-hybridized carbons (Fsp3) is 0.0909. The highest BCUT2D eigenvalue weighted by atomic mass is 14.4. The molecule has 0 amide bonds. The molecular formula is C22H16. The molecule has 104 valence electrons. The van der Waals surface area contributed by atoms with Gasteiger partial charge in [0.25, 0.3) is 0 Å². The molecule has 0 fully saturated rings. The molecule has 0 aromatic heterocycles. The Labute approximate surface area is 130 Å². The SMILES string of the molecule is C1=CC2=Cc3cc4ccccc4cc3C3C=CC=CC23C=C1. The van der Waals surface area contributed by atoms with Crippen LogP contribution in [-0.4, -0.2) is 0 Å². The van der Waals surface area contributed by atoms with E-state index < -0.39 is 0 Å². The Bertz CT molecular complexity index is 924. The maximum Gasteiger partial charge on any atom is 0.0422 e. The predicted octanol–water partition coefficient (Wildman–Crippen LogP) is 5.56. The summed E-state index contributed by atoms with van der Waals surface area (Å²) in [5.74, 6) is 0.387. The van der Waals surface area contributed by atoms with Gasteiger partial charge in [0.15, 0.2) is 0 Å². The summed E-state index contributed by atoms with van der Waals surface area (Å²) in [4.78, 5) is 0.